The molecule has 2 heterocycles. The number of carbonyl (C=O) groups is 4. The van der Waals surface area contributed by atoms with Crippen molar-refractivity contribution >= 4 is 34.7 Å². The number of piperidine rings is 1. The zero-order valence-electron chi connectivity index (χ0n) is 23.7. The molecule has 1 aromatic heterocycles. The SMILES string of the molecule is CC(C)(C)OC(=O)N1CC[C@@H]2C(=O)[C@H]1c1c([nH]c3ccccc13)C2(C(=O)OC(C)(C)C)C(=O)OC(C)(C)C. The molecule has 2 bridgehead atoms. The smallest absolute Gasteiger partial charge is 0.411 e. The topological polar surface area (TPSA) is 115 Å². The monoisotopic (exact) mass is 526 g/mol. The van der Waals surface area contributed by atoms with Gasteiger partial charge in [0.25, 0.3) is 0 Å². The van der Waals surface area contributed by atoms with Gasteiger partial charge in [-0.2, -0.15) is 0 Å². The number of ketones is 1. The number of nitrogens with zero attached hydrogens (tertiary/aromatic N) is 1. The largest absolute Gasteiger partial charge is 0.459 e. The Hall–Kier alpha value is -3.36. The second kappa shape index (κ2) is 8.85. The highest BCUT2D eigenvalue weighted by molar-refractivity contribution is 6.16. The minimum absolute atomic E-state index is 0.0574. The molecule has 1 aliphatic carbocycles. The number of nitrogens with one attached hydrogen (secondary N) is 1. The molecule has 1 fully saturated rings. The van der Waals surface area contributed by atoms with E-state index in [0.717, 1.165) is 0 Å². The number of para-hydroxylation sites is 1. The molecule has 9 heteroatoms. The maximum absolute atomic E-state index is 14.3. The molecular formula is C29H38N2O7. The van der Waals surface area contributed by atoms with Gasteiger partial charge < -0.3 is 19.2 Å². The van der Waals surface area contributed by atoms with Crippen LogP contribution in [0.4, 0.5) is 4.79 Å². The number of amides is 1. The number of carbonyl (C=O) groups excluding carboxylic acids is 4. The molecule has 4 rings (SSSR count). The van der Waals surface area contributed by atoms with E-state index in [1.54, 1.807) is 80.5 Å². The molecule has 0 saturated carbocycles. The fourth-order valence-corrected chi connectivity index (χ4v) is 5.35. The lowest BCUT2D eigenvalue weighted by Gasteiger charge is -2.49. The quantitative estimate of drug-likeness (QED) is 0.334. The zero-order chi connectivity index (χ0) is 28.4. The number of ether oxygens (including phenoxy) is 3. The van der Waals surface area contributed by atoms with Crippen molar-refractivity contribution in [2.24, 2.45) is 5.92 Å². The number of aromatic amines is 1. The van der Waals surface area contributed by atoms with Crippen LogP contribution in [0.2, 0.25) is 0 Å². The first-order valence-electron chi connectivity index (χ1n) is 13.0. The van der Waals surface area contributed by atoms with Crippen LogP contribution in [0.15, 0.2) is 24.3 Å². The van der Waals surface area contributed by atoms with Gasteiger partial charge in [0.05, 0.1) is 11.6 Å². The summed E-state index contributed by atoms with van der Waals surface area (Å²) < 4.78 is 17.3. The predicted octanol–water partition coefficient (Wildman–Crippen LogP) is 4.97. The highest BCUT2D eigenvalue weighted by Gasteiger charge is 2.68. The minimum Gasteiger partial charge on any atom is -0.459 e. The van der Waals surface area contributed by atoms with Gasteiger partial charge in [-0.1, -0.05) is 18.2 Å². The van der Waals surface area contributed by atoms with E-state index in [0.29, 0.717) is 16.5 Å². The van der Waals surface area contributed by atoms with Gasteiger partial charge in [0, 0.05) is 23.0 Å². The van der Waals surface area contributed by atoms with Crippen LogP contribution in [-0.2, 0) is 34.0 Å². The van der Waals surface area contributed by atoms with Gasteiger partial charge >= 0.3 is 18.0 Å². The van der Waals surface area contributed by atoms with E-state index in [1.807, 2.05) is 6.07 Å². The van der Waals surface area contributed by atoms with Crippen molar-refractivity contribution < 1.29 is 33.4 Å². The number of benzene rings is 1. The molecule has 206 valence electrons. The predicted molar refractivity (Wildman–Crippen MR) is 140 cm³/mol. The highest BCUT2D eigenvalue weighted by atomic mass is 16.6. The molecule has 2 aliphatic rings. The van der Waals surface area contributed by atoms with Crippen molar-refractivity contribution in [1.82, 2.24) is 9.88 Å². The van der Waals surface area contributed by atoms with E-state index < -0.39 is 58.0 Å². The van der Waals surface area contributed by atoms with Crippen molar-refractivity contribution in [2.45, 2.75) is 97.0 Å². The Morgan fingerprint density at radius 1 is 0.868 bits per heavy atom. The molecule has 1 saturated heterocycles. The lowest BCUT2D eigenvalue weighted by molar-refractivity contribution is -0.185. The van der Waals surface area contributed by atoms with Crippen molar-refractivity contribution in [1.29, 1.82) is 0 Å². The first-order valence-corrected chi connectivity index (χ1v) is 13.0. The summed E-state index contributed by atoms with van der Waals surface area (Å²) in [7, 11) is 0. The second-order valence-corrected chi connectivity index (χ2v) is 13.1. The normalized spacial score (nSPS) is 21.1. The molecule has 38 heavy (non-hydrogen) atoms. The van der Waals surface area contributed by atoms with E-state index in [-0.39, 0.29) is 18.7 Å². The third kappa shape index (κ3) is 4.67. The number of H-pyrrole nitrogens is 1. The number of Topliss-reactive ketones (excluding diaryl/α,β-unsaturated/α-hetero) is 1. The van der Waals surface area contributed by atoms with Gasteiger partial charge in [0.1, 0.15) is 22.8 Å². The molecule has 0 unspecified atom stereocenters. The zero-order valence-corrected chi connectivity index (χ0v) is 23.7. The number of fused-ring (bicyclic) bond motifs is 6. The van der Waals surface area contributed by atoms with Crippen LogP contribution in [-0.4, -0.2) is 57.0 Å². The van der Waals surface area contributed by atoms with Crippen LogP contribution in [0.3, 0.4) is 0 Å². The molecule has 1 aromatic carbocycles. The van der Waals surface area contributed by atoms with Crippen LogP contribution < -0.4 is 0 Å². The first kappa shape index (κ1) is 27.7. The summed E-state index contributed by atoms with van der Waals surface area (Å²) in [6, 6.07) is 6.18. The Morgan fingerprint density at radius 2 is 1.39 bits per heavy atom. The van der Waals surface area contributed by atoms with Crippen LogP contribution in [0.5, 0.6) is 0 Å². The van der Waals surface area contributed by atoms with E-state index >= 15 is 0 Å². The van der Waals surface area contributed by atoms with E-state index in [9.17, 15) is 19.2 Å². The standard InChI is InChI=1S/C29H38N2O7/c1-26(2,3)36-23(33)29(24(34)37-27(4,5)6)17-14-15-31(25(35)38-28(7,8)9)20(21(17)32)19-16-12-10-11-13-18(16)30-22(19)29/h10-13,17,20,30H,14-15H2,1-9H3/t17-,20-/m1/s1. The number of esters is 2. The van der Waals surface area contributed by atoms with Crippen molar-refractivity contribution in [3.8, 4) is 0 Å². The van der Waals surface area contributed by atoms with Gasteiger partial charge in [-0.3, -0.25) is 19.3 Å². The van der Waals surface area contributed by atoms with Crippen LogP contribution >= 0.6 is 0 Å². The highest BCUT2D eigenvalue weighted by Crippen LogP contribution is 2.54. The first-order chi connectivity index (χ1) is 17.4. The molecule has 0 spiro atoms. The van der Waals surface area contributed by atoms with Gasteiger partial charge in [-0.25, -0.2) is 4.79 Å². The molecule has 1 N–H and O–H groups in total. The Labute approximate surface area is 223 Å². The summed E-state index contributed by atoms with van der Waals surface area (Å²) in [6.07, 6.45) is -0.574. The van der Waals surface area contributed by atoms with Crippen molar-refractivity contribution in [3.63, 3.8) is 0 Å². The summed E-state index contributed by atoms with van der Waals surface area (Å²) in [6.45, 7) is 15.6. The Morgan fingerprint density at radius 3 is 1.92 bits per heavy atom. The molecule has 2 aromatic rings. The summed E-state index contributed by atoms with van der Waals surface area (Å²) in [5.74, 6) is -3.23. The fourth-order valence-electron chi connectivity index (χ4n) is 5.35. The summed E-state index contributed by atoms with van der Waals surface area (Å²) in [4.78, 5) is 60.5. The van der Waals surface area contributed by atoms with Crippen LogP contribution in [0.1, 0.15) is 86.0 Å². The van der Waals surface area contributed by atoms with Crippen LogP contribution in [0.25, 0.3) is 10.9 Å². The number of rotatable bonds is 2. The Balaban J connectivity index is 2.02. The summed E-state index contributed by atoms with van der Waals surface area (Å²) in [5.41, 5.74) is -3.47. The van der Waals surface area contributed by atoms with E-state index in [1.165, 1.54) is 4.90 Å². The van der Waals surface area contributed by atoms with Crippen molar-refractivity contribution in [2.75, 3.05) is 6.54 Å². The molecule has 0 radical (unpaired) electrons. The fraction of sp³-hybridized carbons (Fsp3) is 0.586. The number of likely N-dealkylation sites (tertiary alicyclic amines) is 1. The Kier molecular flexibility index (Phi) is 6.44. The van der Waals surface area contributed by atoms with E-state index in [2.05, 4.69) is 4.98 Å². The lowest BCUT2D eigenvalue weighted by Crippen LogP contribution is -2.64. The number of hydrogen-bond acceptors (Lipinski definition) is 7. The third-order valence-electron chi connectivity index (χ3n) is 6.59. The summed E-state index contributed by atoms with van der Waals surface area (Å²) in [5, 5.41) is 0.631. The minimum atomic E-state index is -2.07. The number of hydrogen-bond donors (Lipinski definition) is 1. The van der Waals surface area contributed by atoms with Gasteiger partial charge in [0.15, 0.2) is 5.78 Å². The van der Waals surface area contributed by atoms with E-state index in [4.69, 9.17) is 14.2 Å². The van der Waals surface area contributed by atoms with Crippen LogP contribution in [0, 0.1) is 5.92 Å². The maximum Gasteiger partial charge on any atom is 0.411 e. The second-order valence-electron chi connectivity index (χ2n) is 13.1. The average molecular weight is 527 g/mol. The molecule has 1 aliphatic heterocycles. The van der Waals surface area contributed by atoms with Gasteiger partial charge in [-0.05, 0) is 74.8 Å². The summed E-state index contributed by atoms with van der Waals surface area (Å²) >= 11 is 0. The third-order valence-corrected chi connectivity index (χ3v) is 6.59. The average Bonchev–Trinajstić information content (AvgIpc) is 3.09. The number of aromatic nitrogens is 1. The Bertz CT molecular complexity index is 1270. The molecule has 2 atom stereocenters. The lowest BCUT2D eigenvalue weighted by atomic mass is 9.60. The van der Waals surface area contributed by atoms with Gasteiger partial charge in [-0.15, -0.1) is 0 Å². The van der Waals surface area contributed by atoms with Gasteiger partial charge in [0.2, 0.25) is 5.41 Å². The maximum atomic E-state index is 14.3. The molecule has 1 amide bonds. The molecular weight excluding hydrogens is 488 g/mol. The van der Waals surface area contributed by atoms with Crippen molar-refractivity contribution in [3.05, 3.63) is 35.5 Å². The molecule has 9 nitrogen and oxygen atoms in total.